The monoisotopic (exact) mass is 534 g/mol. The third kappa shape index (κ3) is 4.05. The first-order valence-electron chi connectivity index (χ1n) is 14.3. The summed E-state index contributed by atoms with van der Waals surface area (Å²) in [4.78, 5) is 11.0. The molecule has 1 heterocycles. The first-order chi connectivity index (χ1) is 20.8. The quantitative estimate of drug-likeness (QED) is 0.224. The van der Waals surface area contributed by atoms with Gasteiger partial charge in [-0.3, -0.25) is 0 Å². The average molecular weight is 535 g/mol. The second-order valence-electron chi connectivity index (χ2n) is 10.6. The van der Waals surface area contributed by atoms with E-state index in [1.807, 2.05) is 12.1 Å². The molecule has 0 spiro atoms. The molecule has 8 aromatic rings. The fourth-order valence-electron chi connectivity index (χ4n) is 6.09. The second-order valence-corrected chi connectivity index (χ2v) is 10.6. The van der Waals surface area contributed by atoms with Crippen LogP contribution in [-0.2, 0) is 0 Å². The molecule has 0 fully saturated rings. The first kappa shape index (κ1) is 24.2. The van der Waals surface area contributed by atoms with Crippen LogP contribution in [0.3, 0.4) is 0 Å². The molecule has 0 bridgehead atoms. The van der Waals surface area contributed by atoms with E-state index in [0.29, 0.717) is 0 Å². The molecule has 0 amide bonds. The van der Waals surface area contributed by atoms with E-state index in [0.717, 1.165) is 55.8 Å². The van der Waals surface area contributed by atoms with Crippen molar-refractivity contribution in [3.05, 3.63) is 158 Å². The molecule has 8 rings (SSSR count). The third-order valence-corrected chi connectivity index (χ3v) is 8.08. The highest BCUT2D eigenvalue weighted by Crippen LogP contribution is 2.41. The Hall–Kier alpha value is -5.60. The molecule has 0 N–H and O–H groups in total. The molecule has 7 aromatic carbocycles. The van der Waals surface area contributed by atoms with Gasteiger partial charge in [-0.1, -0.05) is 158 Å². The van der Waals surface area contributed by atoms with Gasteiger partial charge in [-0.15, -0.1) is 0 Å². The summed E-state index contributed by atoms with van der Waals surface area (Å²) in [6, 6.07) is 55.4. The average Bonchev–Trinajstić information content (AvgIpc) is 3.07. The zero-order valence-corrected chi connectivity index (χ0v) is 22.9. The summed E-state index contributed by atoms with van der Waals surface area (Å²) in [6.45, 7) is 0. The number of hydrogen-bond donors (Lipinski definition) is 0. The van der Waals surface area contributed by atoms with E-state index in [9.17, 15) is 0 Å². The number of aromatic nitrogens is 2. The summed E-state index contributed by atoms with van der Waals surface area (Å²) in [7, 11) is 0. The van der Waals surface area contributed by atoms with Crippen molar-refractivity contribution < 1.29 is 0 Å². The maximum absolute atomic E-state index is 5.51. The lowest BCUT2D eigenvalue weighted by Crippen LogP contribution is -1.99. The van der Waals surface area contributed by atoms with Crippen molar-refractivity contribution in [3.8, 4) is 44.8 Å². The molecule has 0 saturated carbocycles. The topological polar surface area (TPSA) is 25.8 Å². The summed E-state index contributed by atoms with van der Waals surface area (Å²) in [5.74, 6) is 0. The number of hydrogen-bond acceptors (Lipinski definition) is 2. The third-order valence-electron chi connectivity index (χ3n) is 8.08. The number of benzene rings is 7. The van der Waals surface area contributed by atoms with Crippen LogP contribution in [0, 0.1) is 0 Å². The molecule has 0 radical (unpaired) electrons. The summed E-state index contributed by atoms with van der Waals surface area (Å²) < 4.78 is 0. The van der Waals surface area contributed by atoms with Gasteiger partial charge in [-0.25, -0.2) is 9.97 Å². The Kier molecular flexibility index (Phi) is 5.82. The van der Waals surface area contributed by atoms with Crippen molar-refractivity contribution in [2.24, 2.45) is 0 Å². The zero-order valence-electron chi connectivity index (χ0n) is 22.9. The van der Waals surface area contributed by atoms with Crippen molar-refractivity contribution in [2.45, 2.75) is 0 Å². The van der Waals surface area contributed by atoms with E-state index in [1.165, 1.54) is 21.5 Å². The van der Waals surface area contributed by atoms with Crippen molar-refractivity contribution in [1.29, 1.82) is 0 Å². The van der Waals surface area contributed by atoms with Crippen LogP contribution in [-0.4, -0.2) is 9.97 Å². The summed E-state index contributed by atoms with van der Waals surface area (Å²) in [5.41, 5.74) is 10.1. The molecular formula is C40H26N2. The standard InChI is InChI=1S/C40H26N2/c1-3-15-29(16-4-1)37-38(30-17-5-2-6-18-30)42-40-36(34-24-12-20-28-14-8-10-22-32(28)34)26-25-35(39(40)41-37)33-23-11-19-27-13-7-9-21-31(27)33/h1-26H. The van der Waals surface area contributed by atoms with Crippen molar-refractivity contribution in [1.82, 2.24) is 9.97 Å². The molecule has 0 atom stereocenters. The van der Waals surface area contributed by atoms with Gasteiger partial charge in [-0.2, -0.15) is 0 Å². The second kappa shape index (κ2) is 10.1. The lowest BCUT2D eigenvalue weighted by molar-refractivity contribution is 1.29. The van der Waals surface area contributed by atoms with Gasteiger partial charge in [0.1, 0.15) is 0 Å². The Balaban J connectivity index is 1.53. The van der Waals surface area contributed by atoms with Crippen LogP contribution >= 0.6 is 0 Å². The maximum atomic E-state index is 5.51. The van der Waals surface area contributed by atoms with Gasteiger partial charge >= 0.3 is 0 Å². The smallest absolute Gasteiger partial charge is 0.0979 e. The minimum atomic E-state index is 0.880. The highest BCUT2D eigenvalue weighted by molar-refractivity contribution is 6.10. The van der Waals surface area contributed by atoms with Crippen molar-refractivity contribution in [2.75, 3.05) is 0 Å². The van der Waals surface area contributed by atoms with Crippen LogP contribution in [0.25, 0.3) is 77.3 Å². The maximum Gasteiger partial charge on any atom is 0.0979 e. The van der Waals surface area contributed by atoms with Crippen molar-refractivity contribution >= 4 is 32.6 Å². The Labute approximate surface area is 244 Å². The van der Waals surface area contributed by atoms with E-state index in [-0.39, 0.29) is 0 Å². The number of nitrogens with zero attached hydrogens (tertiary/aromatic N) is 2. The molecule has 0 aliphatic heterocycles. The molecule has 196 valence electrons. The Morgan fingerprint density at radius 2 is 0.667 bits per heavy atom. The van der Waals surface area contributed by atoms with Crippen LogP contribution in [0.15, 0.2) is 158 Å². The minimum Gasteiger partial charge on any atom is -0.243 e. The van der Waals surface area contributed by atoms with Gasteiger partial charge in [0.15, 0.2) is 0 Å². The fourth-order valence-corrected chi connectivity index (χ4v) is 6.09. The predicted octanol–water partition coefficient (Wildman–Crippen LogP) is 10.6. The molecule has 1 aromatic heterocycles. The zero-order chi connectivity index (χ0) is 27.9. The van der Waals surface area contributed by atoms with Crippen LogP contribution in [0.2, 0.25) is 0 Å². The number of fused-ring (bicyclic) bond motifs is 3. The number of rotatable bonds is 4. The Morgan fingerprint density at radius 3 is 1.12 bits per heavy atom. The molecule has 2 heteroatoms. The van der Waals surface area contributed by atoms with E-state index in [2.05, 4.69) is 146 Å². The minimum absolute atomic E-state index is 0.880. The molecule has 0 unspecified atom stereocenters. The van der Waals surface area contributed by atoms with Gasteiger partial charge in [0.05, 0.1) is 22.4 Å². The van der Waals surface area contributed by atoms with E-state index >= 15 is 0 Å². The molecule has 0 aliphatic rings. The highest BCUT2D eigenvalue weighted by atomic mass is 14.8. The summed E-state index contributed by atoms with van der Waals surface area (Å²) in [6.07, 6.45) is 0. The van der Waals surface area contributed by atoms with Crippen molar-refractivity contribution in [3.63, 3.8) is 0 Å². The molecule has 42 heavy (non-hydrogen) atoms. The lowest BCUT2D eigenvalue weighted by Gasteiger charge is -2.17. The Morgan fingerprint density at radius 1 is 0.286 bits per heavy atom. The predicted molar refractivity (Wildman–Crippen MR) is 176 cm³/mol. The molecule has 0 saturated heterocycles. The Bertz CT molecular complexity index is 2060. The van der Waals surface area contributed by atoms with Gasteiger partial charge in [0.2, 0.25) is 0 Å². The van der Waals surface area contributed by atoms with E-state index in [1.54, 1.807) is 0 Å². The summed E-state index contributed by atoms with van der Waals surface area (Å²) >= 11 is 0. The summed E-state index contributed by atoms with van der Waals surface area (Å²) in [5, 5.41) is 4.82. The largest absolute Gasteiger partial charge is 0.243 e. The van der Waals surface area contributed by atoms with Crippen LogP contribution in [0.5, 0.6) is 0 Å². The van der Waals surface area contributed by atoms with Gasteiger partial charge < -0.3 is 0 Å². The van der Waals surface area contributed by atoms with Gasteiger partial charge in [0.25, 0.3) is 0 Å². The van der Waals surface area contributed by atoms with Gasteiger partial charge in [0, 0.05) is 22.3 Å². The SMILES string of the molecule is c1ccc(-c2nc3c(-c4cccc5ccccc45)ccc(-c4cccc5ccccc45)c3nc2-c2ccccc2)cc1. The normalized spacial score (nSPS) is 11.3. The van der Waals surface area contributed by atoms with Crippen LogP contribution in [0.4, 0.5) is 0 Å². The first-order valence-corrected chi connectivity index (χ1v) is 14.3. The van der Waals surface area contributed by atoms with E-state index in [4.69, 9.17) is 9.97 Å². The van der Waals surface area contributed by atoms with E-state index < -0.39 is 0 Å². The van der Waals surface area contributed by atoms with Gasteiger partial charge in [-0.05, 0) is 32.7 Å². The lowest BCUT2D eigenvalue weighted by atomic mass is 9.92. The van der Waals surface area contributed by atoms with Crippen LogP contribution < -0.4 is 0 Å². The molecular weight excluding hydrogens is 508 g/mol. The fraction of sp³-hybridized carbons (Fsp3) is 0. The highest BCUT2D eigenvalue weighted by Gasteiger charge is 2.20. The van der Waals surface area contributed by atoms with Crippen LogP contribution in [0.1, 0.15) is 0 Å². The molecule has 0 aliphatic carbocycles. The molecule has 2 nitrogen and oxygen atoms in total.